The summed E-state index contributed by atoms with van der Waals surface area (Å²) < 4.78 is 6.28. The average Bonchev–Trinajstić information content (AvgIpc) is 2.45. The lowest BCUT2D eigenvalue weighted by Crippen LogP contribution is -2.17. The summed E-state index contributed by atoms with van der Waals surface area (Å²) >= 11 is 3.49. The first-order valence-corrected chi connectivity index (χ1v) is 7.10. The molecule has 0 amide bonds. The molecule has 1 atom stereocenters. The molecule has 0 saturated carbocycles. The molecule has 2 nitrogen and oxygen atoms in total. The molecule has 3 heteroatoms. The summed E-state index contributed by atoms with van der Waals surface area (Å²) in [6.45, 7) is 3.02. The first kappa shape index (κ1) is 14.1. The summed E-state index contributed by atoms with van der Waals surface area (Å²) in [6.07, 6.45) is 0. The lowest BCUT2D eigenvalue weighted by Gasteiger charge is -2.15. The number of methoxy groups -OCH3 is 1. The van der Waals surface area contributed by atoms with Crippen molar-refractivity contribution >= 4 is 15.9 Å². The Morgan fingerprint density at radius 1 is 1.16 bits per heavy atom. The van der Waals surface area contributed by atoms with Gasteiger partial charge < -0.3 is 10.1 Å². The second-order valence-corrected chi connectivity index (χ2v) is 5.42. The lowest BCUT2D eigenvalue weighted by atomic mass is 10.1. The monoisotopic (exact) mass is 319 g/mol. The van der Waals surface area contributed by atoms with Gasteiger partial charge in [-0.05, 0) is 42.3 Å². The molecule has 2 rings (SSSR count). The van der Waals surface area contributed by atoms with Crippen LogP contribution in [0.3, 0.4) is 0 Å². The average molecular weight is 320 g/mol. The normalized spacial score (nSPS) is 12.2. The van der Waals surface area contributed by atoms with Gasteiger partial charge in [0.15, 0.2) is 0 Å². The van der Waals surface area contributed by atoms with E-state index in [-0.39, 0.29) is 0 Å². The van der Waals surface area contributed by atoms with Gasteiger partial charge >= 0.3 is 0 Å². The zero-order valence-electron chi connectivity index (χ0n) is 11.2. The molecule has 0 fully saturated rings. The van der Waals surface area contributed by atoms with Crippen molar-refractivity contribution in [1.82, 2.24) is 5.32 Å². The Morgan fingerprint density at radius 2 is 1.89 bits per heavy atom. The van der Waals surface area contributed by atoms with Crippen LogP contribution in [0.4, 0.5) is 0 Å². The van der Waals surface area contributed by atoms with E-state index < -0.39 is 0 Å². The van der Waals surface area contributed by atoms with Gasteiger partial charge in [0.05, 0.1) is 7.11 Å². The first-order chi connectivity index (χ1) is 9.19. The SMILES string of the molecule is COc1ccc(C(C)NCc2cccc(Br)c2)cc1. The fourth-order valence-corrected chi connectivity index (χ4v) is 2.37. The smallest absolute Gasteiger partial charge is 0.118 e. The highest BCUT2D eigenvalue weighted by Crippen LogP contribution is 2.18. The number of ether oxygens (including phenoxy) is 1. The van der Waals surface area contributed by atoms with Gasteiger partial charge in [-0.25, -0.2) is 0 Å². The third kappa shape index (κ3) is 4.08. The minimum Gasteiger partial charge on any atom is -0.497 e. The molecular formula is C16H18BrNO. The molecule has 2 aromatic carbocycles. The minimum atomic E-state index is 0.310. The molecule has 0 heterocycles. The van der Waals surface area contributed by atoms with Crippen molar-refractivity contribution in [2.45, 2.75) is 19.5 Å². The Bertz CT molecular complexity index is 525. The Morgan fingerprint density at radius 3 is 2.53 bits per heavy atom. The first-order valence-electron chi connectivity index (χ1n) is 6.31. The molecule has 2 aromatic rings. The van der Waals surface area contributed by atoms with Gasteiger partial charge in [-0.1, -0.05) is 40.2 Å². The van der Waals surface area contributed by atoms with Crippen molar-refractivity contribution in [3.63, 3.8) is 0 Å². The maximum absolute atomic E-state index is 5.17. The van der Waals surface area contributed by atoms with Gasteiger partial charge in [0.2, 0.25) is 0 Å². The van der Waals surface area contributed by atoms with Crippen LogP contribution in [-0.2, 0) is 6.54 Å². The molecule has 0 aromatic heterocycles. The van der Waals surface area contributed by atoms with E-state index in [9.17, 15) is 0 Å². The maximum atomic E-state index is 5.17. The van der Waals surface area contributed by atoms with Crippen LogP contribution in [0.25, 0.3) is 0 Å². The van der Waals surface area contributed by atoms with Gasteiger partial charge in [-0.15, -0.1) is 0 Å². The number of hydrogen-bond donors (Lipinski definition) is 1. The van der Waals surface area contributed by atoms with E-state index in [4.69, 9.17) is 4.74 Å². The number of hydrogen-bond acceptors (Lipinski definition) is 2. The predicted octanol–water partition coefficient (Wildman–Crippen LogP) is 4.31. The highest BCUT2D eigenvalue weighted by atomic mass is 79.9. The highest BCUT2D eigenvalue weighted by Gasteiger charge is 2.05. The fourth-order valence-electron chi connectivity index (χ4n) is 1.93. The maximum Gasteiger partial charge on any atom is 0.118 e. The molecule has 0 bridgehead atoms. The minimum absolute atomic E-state index is 0.310. The van der Waals surface area contributed by atoms with Gasteiger partial charge in [-0.3, -0.25) is 0 Å². The van der Waals surface area contributed by atoms with Crippen LogP contribution in [0.2, 0.25) is 0 Å². The zero-order chi connectivity index (χ0) is 13.7. The van der Waals surface area contributed by atoms with E-state index >= 15 is 0 Å². The topological polar surface area (TPSA) is 21.3 Å². The summed E-state index contributed by atoms with van der Waals surface area (Å²) in [7, 11) is 1.68. The van der Waals surface area contributed by atoms with Crippen LogP contribution in [-0.4, -0.2) is 7.11 Å². The Hall–Kier alpha value is -1.32. The van der Waals surface area contributed by atoms with Crippen molar-refractivity contribution in [2.24, 2.45) is 0 Å². The Balaban J connectivity index is 1.95. The van der Waals surface area contributed by atoms with E-state index in [1.165, 1.54) is 11.1 Å². The molecule has 1 unspecified atom stereocenters. The van der Waals surface area contributed by atoms with E-state index in [1.807, 2.05) is 18.2 Å². The zero-order valence-corrected chi connectivity index (χ0v) is 12.8. The van der Waals surface area contributed by atoms with Gasteiger partial charge in [0, 0.05) is 17.1 Å². The summed E-state index contributed by atoms with van der Waals surface area (Å²) in [4.78, 5) is 0. The van der Waals surface area contributed by atoms with Crippen LogP contribution in [0.5, 0.6) is 5.75 Å². The molecule has 0 aliphatic carbocycles. The van der Waals surface area contributed by atoms with Crippen LogP contribution in [0.15, 0.2) is 53.0 Å². The van der Waals surface area contributed by atoms with Gasteiger partial charge in [0.25, 0.3) is 0 Å². The second kappa shape index (κ2) is 6.73. The number of rotatable bonds is 5. The number of nitrogens with one attached hydrogen (secondary N) is 1. The standard InChI is InChI=1S/C16H18BrNO/c1-12(14-6-8-16(19-2)9-7-14)18-11-13-4-3-5-15(17)10-13/h3-10,12,18H,11H2,1-2H3. The lowest BCUT2D eigenvalue weighted by molar-refractivity contribution is 0.414. The molecule has 100 valence electrons. The summed E-state index contributed by atoms with van der Waals surface area (Å²) in [6, 6.07) is 16.8. The van der Waals surface area contributed by atoms with E-state index in [0.717, 1.165) is 16.8 Å². The van der Waals surface area contributed by atoms with Crippen LogP contribution >= 0.6 is 15.9 Å². The molecule has 19 heavy (non-hydrogen) atoms. The molecule has 0 aliphatic heterocycles. The van der Waals surface area contributed by atoms with E-state index in [2.05, 4.69) is 58.5 Å². The molecule has 0 radical (unpaired) electrons. The largest absolute Gasteiger partial charge is 0.497 e. The molecule has 0 saturated heterocycles. The van der Waals surface area contributed by atoms with Crippen LogP contribution < -0.4 is 10.1 Å². The molecule has 0 aliphatic rings. The van der Waals surface area contributed by atoms with Crippen molar-refractivity contribution in [2.75, 3.05) is 7.11 Å². The summed E-state index contributed by atoms with van der Waals surface area (Å²) in [5.74, 6) is 0.892. The Labute approximate surface area is 122 Å². The third-order valence-electron chi connectivity index (χ3n) is 3.12. The van der Waals surface area contributed by atoms with Crippen LogP contribution in [0, 0.1) is 0 Å². The molecular weight excluding hydrogens is 302 g/mol. The van der Waals surface area contributed by atoms with Gasteiger partial charge in [-0.2, -0.15) is 0 Å². The quantitative estimate of drug-likeness (QED) is 0.886. The second-order valence-electron chi connectivity index (χ2n) is 4.51. The van der Waals surface area contributed by atoms with Gasteiger partial charge in [0.1, 0.15) is 5.75 Å². The van der Waals surface area contributed by atoms with Crippen molar-refractivity contribution in [3.05, 3.63) is 64.1 Å². The third-order valence-corrected chi connectivity index (χ3v) is 3.61. The summed E-state index contributed by atoms with van der Waals surface area (Å²) in [5.41, 5.74) is 2.53. The fraction of sp³-hybridized carbons (Fsp3) is 0.250. The summed E-state index contributed by atoms with van der Waals surface area (Å²) in [5, 5.41) is 3.52. The highest BCUT2D eigenvalue weighted by molar-refractivity contribution is 9.10. The van der Waals surface area contributed by atoms with Crippen molar-refractivity contribution in [1.29, 1.82) is 0 Å². The van der Waals surface area contributed by atoms with Crippen molar-refractivity contribution in [3.8, 4) is 5.75 Å². The number of halogens is 1. The van der Waals surface area contributed by atoms with E-state index in [1.54, 1.807) is 7.11 Å². The predicted molar refractivity (Wildman–Crippen MR) is 82.4 cm³/mol. The van der Waals surface area contributed by atoms with Crippen molar-refractivity contribution < 1.29 is 4.74 Å². The Kier molecular flexibility index (Phi) is 5.00. The molecule has 0 spiro atoms. The molecule has 1 N–H and O–H groups in total. The van der Waals surface area contributed by atoms with E-state index in [0.29, 0.717) is 6.04 Å². The number of benzene rings is 2. The van der Waals surface area contributed by atoms with Crippen LogP contribution in [0.1, 0.15) is 24.1 Å².